The zero-order chi connectivity index (χ0) is 13.9. The van der Waals surface area contributed by atoms with Crippen LogP contribution in [0.3, 0.4) is 0 Å². The van der Waals surface area contributed by atoms with Crippen LogP contribution in [-0.4, -0.2) is 27.3 Å². The molecule has 1 aromatic heterocycles. The highest BCUT2D eigenvalue weighted by atomic mass is 32.2. The lowest BCUT2D eigenvalue weighted by Gasteiger charge is -2.22. The molecular formula is C14H15N3O2S. The van der Waals surface area contributed by atoms with Crippen LogP contribution < -0.4 is 0 Å². The Kier molecular flexibility index (Phi) is 3.73. The summed E-state index contributed by atoms with van der Waals surface area (Å²) in [6, 6.07) is 9.85. The summed E-state index contributed by atoms with van der Waals surface area (Å²) >= 11 is 1.41. The average molecular weight is 289 g/mol. The number of carbonyl (C=O) groups excluding carboxylic acids is 1. The van der Waals surface area contributed by atoms with Crippen molar-refractivity contribution in [2.24, 2.45) is 0 Å². The van der Waals surface area contributed by atoms with Gasteiger partial charge in [0.1, 0.15) is 6.04 Å². The predicted octanol–water partition coefficient (Wildman–Crippen LogP) is 2.66. The number of rotatable bonds is 4. The minimum absolute atomic E-state index is 0.101. The van der Waals surface area contributed by atoms with Gasteiger partial charge in [-0.25, -0.2) is 0 Å². The van der Waals surface area contributed by atoms with Crippen LogP contribution in [0.2, 0.25) is 0 Å². The third kappa shape index (κ3) is 2.56. The maximum atomic E-state index is 12.1. The molecule has 104 valence electrons. The largest absolute Gasteiger partial charge is 0.414 e. The number of hydrogen-bond donors (Lipinski definition) is 0. The molecule has 2 aromatic rings. The first-order valence-corrected chi connectivity index (χ1v) is 7.71. The minimum Gasteiger partial charge on any atom is -0.414 e. The monoisotopic (exact) mass is 289 g/mol. The van der Waals surface area contributed by atoms with E-state index in [-0.39, 0.29) is 11.9 Å². The van der Waals surface area contributed by atoms with E-state index < -0.39 is 0 Å². The molecule has 0 spiro atoms. The van der Waals surface area contributed by atoms with Crippen molar-refractivity contribution in [1.29, 1.82) is 0 Å². The van der Waals surface area contributed by atoms with Gasteiger partial charge in [0.05, 0.1) is 0 Å². The van der Waals surface area contributed by atoms with E-state index in [1.807, 2.05) is 41.5 Å². The van der Waals surface area contributed by atoms with Gasteiger partial charge in [0, 0.05) is 13.0 Å². The third-order valence-electron chi connectivity index (χ3n) is 3.41. The van der Waals surface area contributed by atoms with E-state index in [4.69, 9.17) is 4.42 Å². The molecule has 2 heterocycles. The van der Waals surface area contributed by atoms with E-state index in [2.05, 4.69) is 10.2 Å². The average Bonchev–Trinajstić information content (AvgIpc) is 3.08. The molecule has 1 amide bonds. The fraction of sp³-hybridized carbons (Fsp3) is 0.357. The molecule has 0 aliphatic carbocycles. The summed E-state index contributed by atoms with van der Waals surface area (Å²) in [5.74, 6) is 0.680. The van der Waals surface area contributed by atoms with Crippen molar-refractivity contribution < 1.29 is 9.21 Å². The van der Waals surface area contributed by atoms with Gasteiger partial charge >= 0.3 is 0 Å². The standard InChI is InChI=1S/C14H15N3O2S/c1-20-14-16-15-13(19-14)11-7-8-12(18)17(11)9-10-5-3-2-4-6-10/h2-6,11H,7-9H2,1H3. The zero-order valence-corrected chi connectivity index (χ0v) is 12.0. The highest BCUT2D eigenvalue weighted by Gasteiger charge is 2.35. The number of carbonyl (C=O) groups is 1. The molecule has 1 unspecified atom stereocenters. The SMILES string of the molecule is CSc1nnc(C2CCC(=O)N2Cc2ccccc2)o1. The Morgan fingerprint density at radius 2 is 2.15 bits per heavy atom. The molecular weight excluding hydrogens is 274 g/mol. The number of aromatic nitrogens is 2. The van der Waals surface area contributed by atoms with Crippen molar-refractivity contribution in [3.05, 3.63) is 41.8 Å². The molecule has 0 bridgehead atoms. The maximum Gasteiger partial charge on any atom is 0.276 e. The molecule has 1 saturated heterocycles. The van der Waals surface area contributed by atoms with Crippen LogP contribution in [0.4, 0.5) is 0 Å². The summed E-state index contributed by atoms with van der Waals surface area (Å²) in [7, 11) is 0. The fourth-order valence-electron chi connectivity index (χ4n) is 2.41. The molecule has 5 nitrogen and oxygen atoms in total. The quantitative estimate of drug-likeness (QED) is 0.810. The molecule has 0 radical (unpaired) electrons. The summed E-state index contributed by atoms with van der Waals surface area (Å²) in [4.78, 5) is 13.9. The first-order chi connectivity index (χ1) is 9.78. The van der Waals surface area contributed by atoms with E-state index in [9.17, 15) is 4.79 Å². The Hall–Kier alpha value is -1.82. The van der Waals surface area contributed by atoms with E-state index in [1.165, 1.54) is 11.8 Å². The van der Waals surface area contributed by atoms with Gasteiger partial charge < -0.3 is 9.32 Å². The van der Waals surface area contributed by atoms with Crippen molar-refractivity contribution >= 4 is 17.7 Å². The smallest absolute Gasteiger partial charge is 0.276 e. The van der Waals surface area contributed by atoms with Crippen LogP contribution in [-0.2, 0) is 11.3 Å². The second-order valence-electron chi connectivity index (χ2n) is 4.67. The van der Waals surface area contributed by atoms with E-state index >= 15 is 0 Å². The molecule has 1 aliphatic heterocycles. The van der Waals surface area contributed by atoms with Crippen molar-refractivity contribution in [3.63, 3.8) is 0 Å². The number of likely N-dealkylation sites (tertiary alicyclic amines) is 1. The molecule has 1 fully saturated rings. The molecule has 20 heavy (non-hydrogen) atoms. The molecule has 3 rings (SSSR count). The van der Waals surface area contributed by atoms with Crippen LogP contribution in [0.1, 0.15) is 30.3 Å². The summed E-state index contributed by atoms with van der Waals surface area (Å²) in [5, 5.41) is 8.56. The van der Waals surface area contributed by atoms with E-state index in [1.54, 1.807) is 0 Å². The van der Waals surface area contributed by atoms with Gasteiger partial charge in [0.25, 0.3) is 5.22 Å². The molecule has 1 aromatic carbocycles. The Morgan fingerprint density at radius 1 is 1.35 bits per heavy atom. The summed E-state index contributed by atoms with van der Waals surface area (Å²) in [5.41, 5.74) is 1.11. The van der Waals surface area contributed by atoms with Crippen molar-refractivity contribution in [3.8, 4) is 0 Å². The van der Waals surface area contributed by atoms with Crippen LogP contribution in [0.25, 0.3) is 0 Å². The Morgan fingerprint density at radius 3 is 2.85 bits per heavy atom. The number of thioether (sulfide) groups is 1. The highest BCUT2D eigenvalue weighted by molar-refractivity contribution is 7.98. The van der Waals surface area contributed by atoms with E-state index in [0.29, 0.717) is 24.1 Å². The molecule has 1 atom stereocenters. The maximum absolute atomic E-state index is 12.1. The molecule has 6 heteroatoms. The number of benzene rings is 1. The van der Waals surface area contributed by atoms with Crippen LogP contribution in [0.5, 0.6) is 0 Å². The lowest BCUT2D eigenvalue weighted by Crippen LogP contribution is -2.27. The summed E-state index contributed by atoms with van der Waals surface area (Å²) < 4.78 is 5.58. The van der Waals surface area contributed by atoms with Gasteiger partial charge in [0.2, 0.25) is 11.8 Å². The summed E-state index contributed by atoms with van der Waals surface area (Å²) in [6.45, 7) is 0.585. The molecule has 0 N–H and O–H groups in total. The number of nitrogens with zero attached hydrogens (tertiary/aromatic N) is 3. The van der Waals surface area contributed by atoms with Gasteiger partial charge in [0.15, 0.2) is 0 Å². The van der Waals surface area contributed by atoms with E-state index in [0.717, 1.165) is 12.0 Å². The minimum atomic E-state index is -0.101. The number of amides is 1. The Balaban J connectivity index is 1.81. The van der Waals surface area contributed by atoms with Gasteiger partial charge in [-0.05, 0) is 18.2 Å². The normalized spacial score (nSPS) is 18.8. The Labute approximate surface area is 121 Å². The van der Waals surface area contributed by atoms with Gasteiger partial charge in [-0.1, -0.05) is 42.1 Å². The topological polar surface area (TPSA) is 59.2 Å². The second-order valence-corrected chi connectivity index (χ2v) is 5.43. The van der Waals surface area contributed by atoms with Crippen LogP contribution >= 0.6 is 11.8 Å². The Bertz CT molecular complexity index is 599. The fourth-order valence-corrected chi connectivity index (χ4v) is 2.70. The zero-order valence-electron chi connectivity index (χ0n) is 11.2. The predicted molar refractivity (Wildman–Crippen MR) is 75.0 cm³/mol. The number of hydrogen-bond acceptors (Lipinski definition) is 5. The lowest BCUT2D eigenvalue weighted by atomic mass is 10.2. The lowest BCUT2D eigenvalue weighted by molar-refractivity contribution is -0.129. The molecule has 1 aliphatic rings. The first-order valence-electron chi connectivity index (χ1n) is 6.48. The second kappa shape index (κ2) is 5.66. The third-order valence-corrected chi connectivity index (χ3v) is 3.92. The van der Waals surface area contributed by atoms with Gasteiger partial charge in [-0.2, -0.15) is 0 Å². The highest BCUT2D eigenvalue weighted by Crippen LogP contribution is 2.34. The van der Waals surface area contributed by atoms with Crippen molar-refractivity contribution in [2.75, 3.05) is 6.26 Å². The summed E-state index contributed by atoms with van der Waals surface area (Å²) in [6.07, 6.45) is 3.16. The van der Waals surface area contributed by atoms with Crippen molar-refractivity contribution in [1.82, 2.24) is 15.1 Å². The van der Waals surface area contributed by atoms with Crippen LogP contribution in [0, 0.1) is 0 Å². The van der Waals surface area contributed by atoms with Gasteiger partial charge in [-0.15, -0.1) is 10.2 Å². The van der Waals surface area contributed by atoms with Crippen LogP contribution in [0.15, 0.2) is 40.0 Å². The van der Waals surface area contributed by atoms with Gasteiger partial charge in [-0.3, -0.25) is 4.79 Å². The molecule has 0 saturated carbocycles. The van der Waals surface area contributed by atoms with Crippen molar-refractivity contribution in [2.45, 2.75) is 30.7 Å². The first kappa shape index (κ1) is 13.2.